The zero-order valence-corrected chi connectivity index (χ0v) is 13.3. The minimum atomic E-state index is -1.25. The molecule has 2 aromatic rings. The van der Waals surface area contributed by atoms with E-state index in [1.54, 1.807) is 18.2 Å². The Balaban J connectivity index is 1.82. The zero-order valence-electron chi connectivity index (χ0n) is 13.3. The molecular weight excluding hydrogens is 324 g/mol. The summed E-state index contributed by atoms with van der Waals surface area (Å²) in [4.78, 5) is 25.3. The van der Waals surface area contributed by atoms with Crippen LogP contribution in [0, 0.1) is 0 Å². The molecule has 2 aromatic carbocycles. The predicted molar refractivity (Wildman–Crippen MR) is 89.8 cm³/mol. The van der Waals surface area contributed by atoms with Gasteiger partial charge in [-0.25, -0.2) is 9.59 Å². The Morgan fingerprint density at radius 1 is 1.16 bits per heavy atom. The third-order valence-electron chi connectivity index (χ3n) is 3.42. The average Bonchev–Trinajstić information content (AvgIpc) is 2.65. The van der Waals surface area contributed by atoms with Gasteiger partial charge in [0.25, 0.3) is 0 Å². The number of aliphatic imine (C=N–C) groups is 1. The predicted octanol–water partition coefficient (Wildman–Crippen LogP) is 1.97. The van der Waals surface area contributed by atoms with Crippen molar-refractivity contribution < 1.29 is 24.5 Å². The minimum Gasteiger partial charge on any atom is -0.445 e. The molecule has 130 valence electrons. The first-order valence-corrected chi connectivity index (χ1v) is 7.58. The third kappa shape index (κ3) is 5.86. The maximum atomic E-state index is 11.6. The van der Waals surface area contributed by atoms with Crippen molar-refractivity contribution in [2.75, 3.05) is 6.54 Å². The van der Waals surface area contributed by atoms with Gasteiger partial charge >= 0.3 is 6.09 Å². The van der Waals surface area contributed by atoms with Gasteiger partial charge in [0.15, 0.2) is 0 Å². The number of hydrogen-bond acceptors (Lipinski definition) is 6. The second kappa shape index (κ2) is 9.34. The van der Waals surface area contributed by atoms with Crippen LogP contribution in [0.3, 0.4) is 0 Å². The van der Waals surface area contributed by atoms with Gasteiger partial charge in [0, 0.05) is 6.54 Å². The minimum absolute atomic E-state index is 0.108. The van der Waals surface area contributed by atoms with Crippen LogP contribution in [-0.2, 0) is 16.1 Å². The first-order chi connectivity index (χ1) is 12.1. The summed E-state index contributed by atoms with van der Waals surface area (Å²) in [5.74, 6) is 0. The molecule has 25 heavy (non-hydrogen) atoms. The molecule has 0 aliphatic carbocycles. The van der Waals surface area contributed by atoms with Gasteiger partial charge in [-0.15, -0.1) is 0 Å². The molecule has 2 rings (SSSR count). The summed E-state index contributed by atoms with van der Waals surface area (Å²) in [7, 11) is 0. The Kier molecular flexibility index (Phi) is 6.86. The van der Waals surface area contributed by atoms with Gasteiger partial charge in [0.2, 0.25) is 6.08 Å². The van der Waals surface area contributed by atoms with E-state index < -0.39 is 18.3 Å². The summed E-state index contributed by atoms with van der Waals surface area (Å²) in [6.07, 6.45) is -1.80. The molecule has 0 aliphatic rings. The van der Waals surface area contributed by atoms with E-state index in [1.165, 1.54) is 12.1 Å². The molecular formula is C18H18N2O5. The molecule has 2 atom stereocenters. The van der Waals surface area contributed by atoms with Crippen molar-refractivity contribution in [3.8, 4) is 0 Å². The van der Waals surface area contributed by atoms with E-state index >= 15 is 0 Å². The lowest BCUT2D eigenvalue weighted by Gasteiger charge is -2.18. The smallest absolute Gasteiger partial charge is 0.407 e. The highest BCUT2D eigenvalue weighted by Gasteiger charge is 2.19. The van der Waals surface area contributed by atoms with Crippen molar-refractivity contribution in [2.45, 2.75) is 18.8 Å². The first kappa shape index (κ1) is 18.4. The molecule has 0 saturated heterocycles. The Morgan fingerprint density at radius 2 is 1.92 bits per heavy atom. The van der Waals surface area contributed by atoms with Gasteiger partial charge in [0.1, 0.15) is 18.8 Å². The van der Waals surface area contributed by atoms with Crippen LogP contribution < -0.4 is 5.32 Å². The van der Waals surface area contributed by atoms with E-state index in [9.17, 15) is 19.8 Å². The highest BCUT2D eigenvalue weighted by atomic mass is 16.5. The molecule has 0 aliphatic heterocycles. The number of carbonyl (C=O) groups is 1. The van der Waals surface area contributed by atoms with Crippen LogP contribution >= 0.6 is 0 Å². The number of nitrogens with zero attached hydrogens (tertiary/aromatic N) is 1. The van der Waals surface area contributed by atoms with Crippen LogP contribution in [0.15, 0.2) is 59.6 Å². The number of alkyl carbamates (subject to hydrolysis) is 1. The van der Waals surface area contributed by atoms with Gasteiger partial charge < -0.3 is 20.3 Å². The fourth-order valence-electron chi connectivity index (χ4n) is 2.13. The van der Waals surface area contributed by atoms with Crippen LogP contribution in [0.5, 0.6) is 0 Å². The lowest BCUT2D eigenvalue weighted by molar-refractivity contribution is 0.0184. The molecule has 0 radical (unpaired) electrons. The number of carbonyl (C=O) groups excluding carboxylic acids is 2. The standard InChI is InChI=1S/C18H18N2O5/c21-12-20-15-8-4-7-14(9-15)17(23)16(22)10-19-18(24)25-11-13-5-2-1-3-6-13/h1-9,16-17,22-23H,10-11H2,(H,19,24). The summed E-state index contributed by atoms with van der Waals surface area (Å²) in [6.45, 7) is -0.0902. The van der Waals surface area contributed by atoms with Crippen LogP contribution in [0.25, 0.3) is 0 Å². The molecule has 2 unspecified atom stereocenters. The van der Waals surface area contributed by atoms with Gasteiger partial charge in [-0.2, -0.15) is 4.99 Å². The summed E-state index contributed by atoms with van der Waals surface area (Å²) in [6, 6.07) is 15.3. The first-order valence-electron chi connectivity index (χ1n) is 7.58. The van der Waals surface area contributed by atoms with Crippen molar-refractivity contribution >= 4 is 17.9 Å². The van der Waals surface area contributed by atoms with E-state index in [2.05, 4.69) is 10.3 Å². The molecule has 1 amide bonds. The fraction of sp³-hybridized carbons (Fsp3) is 0.222. The molecule has 0 saturated carbocycles. The Morgan fingerprint density at radius 3 is 2.64 bits per heavy atom. The lowest BCUT2D eigenvalue weighted by Crippen LogP contribution is -2.35. The number of benzene rings is 2. The quantitative estimate of drug-likeness (QED) is 0.527. The number of nitrogens with one attached hydrogen (secondary N) is 1. The summed E-state index contributed by atoms with van der Waals surface area (Å²) >= 11 is 0. The van der Waals surface area contributed by atoms with E-state index in [1.807, 2.05) is 30.3 Å². The van der Waals surface area contributed by atoms with Gasteiger partial charge in [-0.05, 0) is 23.3 Å². The second-order valence-corrected chi connectivity index (χ2v) is 5.25. The number of aliphatic hydroxyl groups is 2. The summed E-state index contributed by atoms with van der Waals surface area (Å²) < 4.78 is 5.01. The van der Waals surface area contributed by atoms with E-state index in [0.29, 0.717) is 11.3 Å². The third-order valence-corrected chi connectivity index (χ3v) is 3.42. The normalized spacial score (nSPS) is 12.6. The van der Waals surface area contributed by atoms with Crippen molar-refractivity contribution in [2.24, 2.45) is 4.99 Å². The highest BCUT2D eigenvalue weighted by molar-refractivity contribution is 5.67. The maximum absolute atomic E-state index is 11.6. The average molecular weight is 342 g/mol. The Bertz CT molecular complexity index is 744. The summed E-state index contributed by atoms with van der Waals surface area (Å²) in [5, 5.41) is 22.5. The number of rotatable bonds is 7. The molecule has 0 fully saturated rings. The van der Waals surface area contributed by atoms with Gasteiger partial charge in [-0.3, -0.25) is 0 Å². The molecule has 7 nitrogen and oxygen atoms in total. The fourth-order valence-corrected chi connectivity index (χ4v) is 2.13. The monoisotopic (exact) mass is 342 g/mol. The number of isocyanates is 1. The second-order valence-electron chi connectivity index (χ2n) is 5.25. The van der Waals surface area contributed by atoms with Gasteiger partial charge in [-0.1, -0.05) is 42.5 Å². The summed E-state index contributed by atoms with van der Waals surface area (Å²) in [5.41, 5.74) is 1.52. The maximum Gasteiger partial charge on any atom is 0.407 e. The van der Waals surface area contributed by atoms with E-state index in [-0.39, 0.29) is 13.2 Å². The van der Waals surface area contributed by atoms with Crippen LogP contribution in [0.1, 0.15) is 17.2 Å². The van der Waals surface area contributed by atoms with Crippen molar-refractivity contribution in [1.82, 2.24) is 5.32 Å². The molecule has 0 bridgehead atoms. The van der Waals surface area contributed by atoms with Crippen molar-refractivity contribution in [3.05, 3.63) is 65.7 Å². The Labute approximate surface area is 144 Å². The molecule has 0 spiro atoms. The molecule has 0 aromatic heterocycles. The number of aliphatic hydroxyl groups excluding tert-OH is 2. The van der Waals surface area contributed by atoms with Crippen molar-refractivity contribution in [3.63, 3.8) is 0 Å². The van der Waals surface area contributed by atoms with Crippen LogP contribution in [0.2, 0.25) is 0 Å². The van der Waals surface area contributed by atoms with E-state index in [4.69, 9.17) is 4.74 Å². The topological polar surface area (TPSA) is 108 Å². The number of amides is 1. The largest absolute Gasteiger partial charge is 0.445 e. The lowest BCUT2D eigenvalue weighted by atomic mass is 10.0. The zero-order chi connectivity index (χ0) is 18.1. The van der Waals surface area contributed by atoms with Crippen molar-refractivity contribution in [1.29, 1.82) is 0 Å². The van der Waals surface area contributed by atoms with Gasteiger partial charge in [0.05, 0.1) is 5.69 Å². The SMILES string of the molecule is O=C=Nc1cccc(C(O)C(O)CNC(=O)OCc2ccccc2)c1. The number of ether oxygens (including phenoxy) is 1. The molecule has 0 heterocycles. The van der Waals surface area contributed by atoms with Crippen LogP contribution in [-0.4, -0.2) is 35.0 Å². The van der Waals surface area contributed by atoms with Crippen LogP contribution in [0.4, 0.5) is 10.5 Å². The highest BCUT2D eigenvalue weighted by Crippen LogP contribution is 2.21. The number of hydrogen-bond donors (Lipinski definition) is 3. The Hall–Kier alpha value is -2.99. The molecule has 7 heteroatoms. The molecule has 3 N–H and O–H groups in total. The van der Waals surface area contributed by atoms with E-state index in [0.717, 1.165) is 5.56 Å².